The van der Waals surface area contributed by atoms with E-state index in [4.69, 9.17) is 4.74 Å². The molecule has 1 N–H and O–H groups in total. The Hall–Kier alpha value is -2.48. The Morgan fingerprint density at radius 3 is 2.64 bits per heavy atom. The van der Waals surface area contributed by atoms with E-state index in [-0.39, 0.29) is 16.9 Å². The molecule has 0 radical (unpaired) electrons. The molecule has 2 aliphatic carbocycles. The molecule has 0 aromatic heterocycles. The monoisotopic (exact) mass is 329 g/mol. The maximum Gasteiger partial charge on any atom is 0.133 e. The summed E-state index contributed by atoms with van der Waals surface area (Å²) in [5.41, 5.74) is 7.72. The standard InChI is InChI=1S/C23H23NO/c1-22(2)15-10-6-5-9-14(15)19-16(22)13-17-20(21(19)25-4)23(3)12-8-7-11-18(23)24-17/h5-13,18,24H,1-4H3. The first kappa shape index (κ1) is 14.8. The number of nitrogens with one attached hydrogen (secondary N) is 1. The Balaban J connectivity index is 1.88. The van der Waals surface area contributed by atoms with Gasteiger partial charge in [-0.05, 0) is 29.7 Å². The molecular formula is C23H23NO. The van der Waals surface area contributed by atoms with Gasteiger partial charge in [0.25, 0.3) is 0 Å². The van der Waals surface area contributed by atoms with E-state index in [1.54, 1.807) is 0 Å². The van der Waals surface area contributed by atoms with Crippen LogP contribution in [0.2, 0.25) is 0 Å². The van der Waals surface area contributed by atoms with Gasteiger partial charge in [0.2, 0.25) is 0 Å². The van der Waals surface area contributed by atoms with Gasteiger partial charge in [-0.25, -0.2) is 0 Å². The molecule has 2 unspecified atom stereocenters. The molecule has 0 saturated carbocycles. The summed E-state index contributed by atoms with van der Waals surface area (Å²) in [5.74, 6) is 1.03. The van der Waals surface area contributed by atoms with Gasteiger partial charge < -0.3 is 10.1 Å². The molecule has 2 nitrogen and oxygen atoms in total. The molecular weight excluding hydrogens is 306 g/mol. The van der Waals surface area contributed by atoms with Gasteiger partial charge in [0, 0.05) is 27.6 Å². The van der Waals surface area contributed by atoms with E-state index in [2.05, 4.69) is 80.7 Å². The molecule has 0 bridgehead atoms. The Morgan fingerprint density at radius 1 is 1.04 bits per heavy atom. The summed E-state index contributed by atoms with van der Waals surface area (Å²) < 4.78 is 6.07. The second-order valence-electron chi connectivity index (χ2n) is 8.07. The van der Waals surface area contributed by atoms with Crippen molar-refractivity contribution in [2.75, 3.05) is 12.4 Å². The third kappa shape index (κ3) is 1.65. The molecule has 2 aromatic rings. The summed E-state index contributed by atoms with van der Waals surface area (Å²) in [6.07, 6.45) is 8.84. The van der Waals surface area contributed by atoms with Crippen molar-refractivity contribution in [2.24, 2.45) is 0 Å². The Morgan fingerprint density at radius 2 is 1.84 bits per heavy atom. The number of anilines is 1. The zero-order valence-corrected chi connectivity index (χ0v) is 15.2. The quantitative estimate of drug-likeness (QED) is 0.778. The van der Waals surface area contributed by atoms with Gasteiger partial charge >= 0.3 is 0 Å². The van der Waals surface area contributed by atoms with Gasteiger partial charge in [0.1, 0.15) is 5.75 Å². The molecule has 0 saturated heterocycles. The van der Waals surface area contributed by atoms with Crippen LogP contribution in [0.25, 0.3) is 11.1 Å². The van der Waals surface area contributed by atoms with Gasteiger partial charge in [-0.1, -0.05) is 62.4 Å². The smallest absolute Gasteiger partial charge is 0.133 e. The van der Waals surface area contributed by atoms with E-state index in [0.29, 0.717) is 0 Å². The van der Waals surface area contributed by atoms with Crippen LogP contribution in [0.1, 0.15) is 37.5 Å². The minimum Gasteiger partial charge on any atom is -0.496 e. The van der Waals surface area contributed by atoms with E-state index >= 15 is 0 Å². The van der Waals surface area contributed by atoms with Gasteiger partial charge in [0.15, 0.2) is 0 Å². The predicted molar refractivity (Wildman–Crippen MR) is 104 cm³/mol. The van der Waals surface area contributed by atoms with Crippen molar-refractivity contribution in [3.05, 3.63) is 71.3 Å². The lowest BCUT2D eigenvalue weighted by atomic mass is 9.74. The first-order chi connectivity index (χ1) is 12.0. The molecule has 2 heteroatoms. The molecule has 5 rings (SSSR count). The fraction of sp³-hybridized carbons (Fsp3) is 0.304. The van der Waals surface area contributed by atoms with Crippen LogP contribution in [0.4, 0.5) is 5.69 Å². The number of hydrogen-bond acceptors (Lipinski definition) is 2. The van der Waals surface area contributed by atoms with Crippen molar-refractivity contribution in [3.63, 3.8) is 0 Å². The van der Waals surface area contributed by atoms with E-state index in [1.807, 2.05) is 7.11 Å². The van der Waals surface area contributed by atoms with E-state index in [0.717, 1.165) is 5.75 Å². The summed E-state index contributed by atoms with van der Waals surface area (Å²) in [6, 6.07) is 11.4. The Kier molecular flexibility index (Phi) is 2.71. The molecule has 1 heterocycles. The number of allylic oxidation sites excluding steroid dienone is 2. The molecule has 0 amide bonds. The highest BCUT2D eigenvalue weighted by Crippen LogP contribution is 2.59. The maximum absolute atomic E-state index is 6.07. The van der Waals surface area contributed by atoms with Gasteiger partial charge in [0.05, 0.1) is 13.2 Å². The molecule has 2 aromatic carbocycles. The van der Waals surface area contributed by atoms with Crippen molar-refractivity contribution >= 4 is 5.69 Å². The van der Waals surface area contributed by atoms with Crippen LogP contribution in [0.5, 0.6) is 5.75 Å². The number of fused-ring (bicyclic) bond motifs is 6. The zero-order chi connectivity index (χ0) is 17.4. The number of hydrogen-bond donors (Lipinski definition) is 1. The number of benzene rings is 2. The largest absolute Gasteiger partial charge is 0.496 e. The lowest BCUT2D eigenvalue weighted by molar-refractivity contribution is 0.402. The summed E-state index contributed by atoms with van der Waals surface area (Å²) in [4.78, 5) is 0. The predicted octanol–water partition coefficient (Wildman–Crippen LogP) is 5.18. The fourth-order valence-corrected chi connectivity index (χ4v) is 5.00. The van der Waals surface area contributed by atoms with E-state index < -0.39 is 0 Å². The third-order valence-electron chi connectivity index (χ3n) is 6.38. The number of ether oxygens (including phenoxy) is 1. The maximum atomic E-state index is 6.07. The normalized spacial score (nSPS) is 26.5. The minimum atomic E-state index is -0.0772. The van der Waals surface area contributed by atoms with Crippen LogP contribution in [0.3, 0.4) is 0 Å². The van der Waals surface area contributed by atoms with Crippen molar-refractivity contribution < 1.29 is 4.74 Å². The van der Waals surface area contributed by atoms with E-state index in [9.17, 15) is 0 Å². The van der Waals surface area contributed by atoms with Crippen LogP contribution in [0.15, 0.2) is 54.6 Å². The third-order valence-corrected chi connectivity index (χ3v) is 6.38. The molecule has 1 aliphatic heterocycles. The Bertz CT molecular complexity index is 966. The summed E-state index contributed by atoms with van der Waals surface area (Å²) in [7, 11) is 1.81. The first-order valence-corrected chi connectivity index (χ1v) is 8.97. The molecule has 0 spiro atoms. The van der Waals surface area contributed by atoms with Crippen LogP contribution < -0.4 is 10.1 Å². The lowest BCUT2D eigenvalue weighted by Crippen LogP contribution is -2.34. The van der Waals surface area contributed by atoms with Crippen LogP contribution in [0, 0.1) is 0 Å². The first-order valence-electron chi connectivity index (χ1n) is 8.97. The summed E-state index contributed by atoms with van der Waals surface area (Å²) in [5, 5.41) is 3.73. The lowest BCUT2D eigenvalue weighted by Gasteiger charge is -2.30. The molecule has 0 fully saturated rings. The van der Waals surface area contributed by atoms with Crippen LogP contribution in [-0.4, -0.2) is 13.2 Å². The van der Waals surface area contributed by atoms with E-state index in [1.165, 1.54) is 33.5 Å². The summed E-state index contributed by atoms with van der Waals surface area (Å²) in [6.45, 7) is 6.93. The van der Waals surface area contributed by atoms with Crippen LogP contribution >= 0.6 is 0 Å². The fourth-order valence-electron chi connectivity index (χ4n) is 5.00. The number of rotatable bonds is 1. The SMILES string of the molecule is COc1c2c(cc3c1C1(C)C=CC=CC1N3)C(C)(C)c1ccccc1-2. The second-order valence-corrected chi connectivity index (χ2v) is 8.07. The second kappa shape index (κ2) is 4.57. The highest BCUT2D eigenvalue weighted by Gasteiger charge is 2.47. The molecule has 2 atom stereocenters. The minimum absolute atomic E-state index is 0.0176. The van der Waals surface area contributed by atoms with Gasteiger partial charge in [-0.3, -0.25) is 0 Å². The zero-order valence-electron chi connectivity index (χ0n) is 15.2. The molecule has 126 valence electrons. The van der Waals surface area contributed by atoms with Crippen molar-refractivity contribution in [1.29, 1.82) is 0 Å². The van der Waals surface area contributed by atoms with Gasteiger partial charge in [-0.15, -0.1) is 0 Å². The van der Waals surface area contributed by atoms with Gasteiger partial charge in [-0.2, -0.15) is 0 Å². The molecule has 3 aliphatic rings. The molecule has 25 heavy (non-hydrogen) atoms. The average Bonchev–Trinajstić information content (AvgIpc) is 3.03. The highest BCUT2D eigenvalue weighted by atomic mass is 16.5. The van der Waals surface area contributed by atoms with Crippen LogP contribution in [-0.2, 0) is 10.8 Å². The average molecular weight is 329 g/mol. The highest BCUT2D eigenvalue weighted by molar-refractivity contribution is 5.91. The Labute approximate surface area is 149 Å². The summed E-state index contributed by atoms with van der Waals surface area (Å²) >= 11 is 0. The topological polar surface area (TPSA) is 21.3 Å². The van der Waals surface area contributed by atoms with Crippen molar-refractivity contribution in [3.8, 4) is 16.9 Å². The van der Waals surface area contributed by atoms with Crippen molar-refractivity contribution in [1.82, 2.24) is 0 Å². The number of methoxy groups -OCH3 is 1. The van der Waals surface area contributed by atoms with Crippen molar-refractivity contribution in [2.45, 2.75) is 37.6 Å².